The molecule has 0 aliphatic rings. The first kappa shape index (κ1) is 17.6. The minimum absolute atomic E-state index is 0.245. The highest BCUT2D eigenvalue weighted by Gasteiger charge is 2.07. The Morgan fingerprint density at radius 1 is 1.04 bits per heavy atom. The number of anilines is 1. The average Bonchev–Trinajstić information content (AvgIpc) is 2.51. The highest BCUT2D eigenvalue weighted by atomic mass is 35.5. The smallest absolute Gasteiger partial charge is 0.319 e. The van der Waals surface area contributed by atoms with Crippen molar-refractivity contribution in [3.63, 3.8) is 0 Å². The summed E-state index contributed by atoms with van der Waals surface area (Å²) >= 11 is 12.2. The molecule has 2 aromatic rings. The lowest BCUT2D eigenvalue weighted by molar-refractivity contribution is 0.252. The molecule has 0 bridgehead atoms. The first-order chi connectivity index (χ1) is 11.0. The van der Waals surface area contributed by atoms with Crippen LogP contribution in [0.3, 0.4) is 0 Å². The van der Waals surface area contributed by atoms with E-state index in [1.54, 1.807) is 18.2 Å². The van der Waals surface area contributed by atoms with Gasteiger partial charge in [0.2, 0.25) is 0 Å². The van der Waals surface area contributed by atoms with Crippen LogP contribution in [0.4, 0.5) is 10.5 Å². The van der Waals surface area contributed by atoms with Gasteiger partial charge in [0.15, 0.2) is 0 Å². The fourth-order valence-electron chi connectivity index (χ4n) is 2.20. The summed E-state index contributed by atoms with van der Waals surface area (Å²) in [7, 11) is 0. The van der Waals surface area contributed by atoms with E-state index in [9.17, 15) is 4.79 Å². The monoisotopic (exact) mass is 350 g/mol. The molecule has 2 N–H and O–H groups in total. The molecule has 0 heterocycles. The highest BCUT2D eigenvalue weighted by molar-refractivity contribution is 6.36. The quantitative estimate of drug-likeness (QED) is 0.736. The van der Waals surface area contributed by atoms with E-state index in [4.69, 9.17) is 23.2 Å². The summed E-state index contributed by atoms with van der Waals surface area (Å²) in [4.78, 5) is 11.9. The van der Waals surface area contributed by atoms with Crippen LogP contribution in [0.2, 0.25) is 10.0 Å². The number of benzene rings is 2. The van der Waals surface area contributed by atoms with E-state index in [0.717, 1.165) is 11.3 Å². The minimum Gasteiger partial charge on any atom is -0.338 e. The van der Waals surface area contributed by atoms with E-state index in [1.807, 2.05) is 24.3 Å². The Morgan fingerprint density at radius 3 is 2.22 bits per heavy atom. The summed E-state index contributed by atoms with van der Waals surface area (Å²) in [5, 5.41) is 6.84. The third kappa shape index (κ3) is 5.15. The summed E-state index contributed by atoms with van der Waals surface area (Å²) in [6.07, 6.45) is 0.582. The van der Waals surface area contributed by atoms with E-state index in [0.29, 0.717) is 28.9 Å². The molecule has 23 heavy (non-hydrogen) atoms. The van der Waals surface area contributed by atoms with Crippen molar-refractivity contribution in [1.82, 2.24) is 5.32 Å². The van der Waals surface area contributed by atoms with Crippen molar-refractivity contribution < 1.29 is 4.79 Å². The van der Waals surface area contributed by atoms with Gasteiger partial charge in [0.1, 0.15) is 0 Å². The van der Waals surface area contributed by atoms with Crippen LogP contribution in [-0.2, 0) is 6.42 Å². The van der Waals surface area contributed by atoms with Crippen molar-refractivity contribution in [1.29, 1.82) is 0 Å². The van der Waals surface area contributed by atoms with E-state index in [1.165, 1.54) is 5.56 Å². The lowest BCUT2D eigenvalue weighted by atomic mass is 10.0. The number of halogens is 2. The molecule has 0 atom stereocenters. The minimum atomic E-state index is -0.245. The molecule has 3 nitrogen and oxygen atoms in total. The molecule has 0 aromatic heterocycles. The SMILES string of the molecule is CC(C)c1ccc(NC(=O)NCCc2c(Cl)cccc2Cl)cc1. The maximum atomic E-state index is 11.9. The van der Waals surface area contributed by atoms with E-state index in [-0.39, 0.29) is 6.03 Å². The number of rotatable bonds is 5. The number of urea groups is 1. The van der Waals surface area contributed by atoms with Gasteiger partial charge in [0.25, 0.3) is 0 Å². The number of nitrogens with one attached hydrogen (secondary N) is 2. The number of carbonyl (C=O) groups is 1. The lowest BCUT2D eigenvalue weighted by Crippen LogP contribution is -2.30. The first-order valence-corrected chi connectivity index (χ1v) is 8.30. The molecule has 0 spiro atoms. The van der Waals surface area contributed by atoms with Gasteiger partial charge in [0.05, 0.1) is 0 Å². The molecule has 0 aliphatic carbocycles. The topological polar surface area (TPSA) is 41.1 Å². The Labute approximate surface area is 147 Å². The standard InChI is InChI=1S/C18H20Cl2N2O/c1-12(2)13-6-8-14(9-7-13)22-18(23)21-11-10-15-16(19)4-3-5-17(15)20/h3-9,12H,10-11H2,1-2H3,(H2,21,22,23). The van der Waals surface area contributed by atoms with E-state index in [2.05, 4.69) is 24.5 Å². The molecule has 2 rings (SSSR count). The first-order valence-electron chi connectivity index (χ1n) is 7.55. The van der Waals surface area contributed by atoms with Crippen LogP contribution in [-0.4, -0.2) is 12.6 Å². The average molecular weight is 351 g/mol. The number of hydrogen-bond donors (Lipinski definition) is 2. The third-order valence-corrected chi connectivity index (χ3v) is 4.27. The molecule has 0 fully saturated rings. The van der Waals surface area contributed by atoms with Gasteiger partial charge in [-0.05, 0) is 47.7 Å². The molecular formula is C18H20Cl2N2O. The van der Waals surface area contributed by atoms with Gasteiger partial charge >= 0.3 is 6.03 Å². The van der Waals surface area contributed by atoms with Crippen molar-refractivity contribution in [2.45, 2.75) is 26.2 Å². The second-order valence-corrected chi connectivity index (χ2v) is 6.42. The van der Waals surface area contributed by atoms with Gasteiger partial charge in [-0.2, -0.15) is 0 Å². The second-order valence-electron chi connectivity index (χ2n) is 5.61. The van der Waals surface area contributed by atoms with Crippen molar-refractivity contribution in [3.8, 4) is 0 Å². The zero-order chi connectivity index (χ0) is 16.8. The summed E-state index contributed by atoms with van der Waals surface area (Å²) in [6.45, 7) is 4.73. The Hall–Kier alpha value is -1.71. The Morgan fingerprint density at radius 2 is 1.65 bits per heavy atom. The summed E-state index contributed by atoms with van der Waals surface area (Å²) in [6, 6.07) is 13.0. The molecule has 0 unspecified atom stereocenters. The van der Waals surface area contributed by atoms with Crippen LogP contribution in [0.1, 0.15) is 30.9 Å². The normalized spacial score (nSPS) is 10.7. The van der Waals surface area contributed by atoms with Gasteiger partial charge in [-0.3, -0.25) is 0 Å². The van der Waals surface area contributed by atoms with Crippen molar-refractivity contribution in [3.05, 3.63) is 63.6 Å². The predicted octanol–water partition coefficient (Wildman–Crippen LogP) is 5.48. The molecule has 2 amide bonds. The van der Waals surface area contributed by atoms with Gasteiger partial charge in [0, 0.05) is 22.3 Å². The zero-order valence-corrected chi connectivity index (χ0v) is 14.7. The number of carbonyl (C=O) groups excluding carboxylic acids is 1. The van der Waals surface area contributed by atoms with Gasteiger partial charge in [-0.1, -0.05) is 55.2 Å². The predicted molar refractivity (Wildman–Crippen MR) is 97.7 cm³/mol. The van der Waals surface area contributed by atoms with Crippen LogP contribution >= 0.6 is 23.2 Å². The Balaban J connectivity index is 1.83. The van der Waals surface area contributed by atoms with Crippen LogP contribution in [0.5, 0.6) is 0 Å². The van der Waals surface area contributed by atoms with Crippen LogP contribution in [0.15, 0.2) is 42.5 Å². The molecule has 0 saturated heterocycles. The van der Waals surface area contributed by atoms with Gasteiger partial charge in [-0.15, -0.1) is 0 Å². The molecule has 2 aromatic carbocycles. The number of hydrogen-bond acceptors (Lipinski definition) is 1. The maximum Gasteiger partial charge on any atom is 0.319 e. The van der Waals surface area contributed by atoms with E-state index < -0.39 is 0 Å². The van der Waals surface area contributed by atoms with Crippen LogP contribution in [0.25, 0.3) is 0 Å². The highest BCUT2D eigenvalue weighted by Crippen LogP contribution is 2.24. The molecule has 5 heteroatoms. The fourth-order valence-corrected chi connectivity index (χ4v) is 2.79. The molecule has 0 radical (unpaired) electrons. The summed E-state index contributed by atoms with van der Waals surface area (Å²) < 4.78 is 0. The van der Waals surface area contributed by atoms with E-state index >= 15 is 0 Å². The maximum absolute atomic E-state index is 11.9. The van der Waals surface area contributed by atoms with Gasteiger partial charge < -0.3 is 10.6 Å². The summed E-state index contributed by atoms with van der Waals surface area (Å²) in [5.41, 5.74) is 2.85. The van der Waals surface area contributed by atoms with Crippen molar-refractivity contribution in [2.75, 3.05) is 11.9 Å². The Bertz CT molecular complexity index is 649. The third-order valence-electron chi connectivity index (χ3n) is 3.56. The Kier molecular flexibility index (Phi) is 6.31. The number of amides is 2. The largest absolute Gasteiger partial charge is 0.338 e. The van der Waals surface area contributed by atoms with Crippen LogP contribution < -0.4 is 10.6 Å². The summed E-state index contributed by atoms with van der Waals surface area (Å²) in [5.74, 6) is 0.471. The fraction of sp³-hybridized carbons (Fsp3) is 0.278. The molecular weight excluding hydrogens is 331 g/mol. The van der Waals surface area contributed by atoms with Crippen molar-refractivity contribution >= 4 is 34.9 Å². The zero-order valence-electron chi connectivity index (χ0n) is 13.2. The lowest BCUT2D eigenvalue weighted by Gasteiger charge is -2.11. The second kappa shape index (κ2) is 8.23. The molecule has 0 aliphatic heterocycles. The van der Waals surface area contributed by atoms with Crippen molar-refractivity contribution in [2.24, 2.45) is 0 Å². The van der Waals surface area contributed by atoms with Crippen LogP contribution in [0, 0.1) is 0 Å². The van der Waals surface area contributed by atoms with Gasteiger partial charge in [-0.25, -0.2) is 4.79 Å². The molecule has 0 saturated carbocycles. The molecule has 122 valence electrons.